The number of rotatable bonds is 2. The Morgan fingerprint density at radius 3 is 2.38 bits per heavy atom. The largest absolute Gasteiger partial charge is 0.0891 e. The molecule has 0 atom stereocenters. The fraction of sp³-hybridized carbons (Fsp3) is 0.857. The predicted molar refractivity (Wildman–Crippen MR) is 38.0 cm³/mol. The third kappa shape index (κ3) is 0.391. The minimum Gasteiger partial charge on any atom is -0.0891 e. The first-order valence-electron chi connectivity index (χ1n) is 3.33. The SMILES string of the molecule is CCC(=S)C12CC1C2. The molecule has 0 radical (unpaired) electrons. The summed E-state index contributed by atoms with van der Waals surface area (Å²) in [6.45, 7) is 2.17. The van der Waals surface area contributed by atoms with Crippen molar-refractivity contribution in [3.05, 3.63) is 0 Å². The first kappa shape index (κ1) is 4.92. The molecule has 1 heteroatoms. The Kier molecular flexibility index (Phi) is 0.710. The van der Waals surface area contributed by atoms with E-state index in [1.54, 1.807) is 0 Å². The Hall–Kier alpha value is 0.0900. The summed E-state index contributed by atoms with van der Waals surface area (Å²) in [5.74, 6) is 1.05. The van der Waals surface area contributed by atoms with Crippen molar-refractivity contribution in [3.8, 4) is 0 Å². The van der Waals surface area contributed by atoms with Crippen LogP contribution in [0.2, 0.25) is 0 Å². The van der Waals surface area contributed by atoms with Crippen LogP contribution < -0.4 is 0 Å². The van der Waals surface area contributed by atoms with Gasteiger partial charge in [0.15, 0.2) is 0 Å². The summed E-state index contributed by atoms with van der Waals surface area (Å²) in [6, 6.07) is 0. The molecule has 8 heavy (non-hydrogen) atoms. The van der Waals surface area contributed by atoms with Crippen molar-refractivity contribution in [2.75, 3.05) is 0 Å². The molecule has 0 unspecified atom stereocenters. The van der Waals surface area contributed by atoms with Gasteiger partial charge in [0.2, 0.25) is 0 Å². The van der Waals surface area contributed by atoms with E-state index in [0.29, 0.717) is 5.41 Å². The fourth-order valence-corrected chi connectivity index (χ4v) is 1.84. The summed E-state index contributed by atoms with van der Waals surface area (Å²) in [5, 5.41) is 0. The molecule has 0 aromatic rings. The van der Waals surface area contributed by atoms with E-state index in [2.05, 4.69) is 6.92 Å². The van der Waals surface area contributed by atoms with Gasteiger partial charge in [-0.1, -0.05) is 19.1 Å². The van der Waals surface area contributed by atoms with E-state index in [1.807, 2.05) is 0 Å². The van der Waals surface area contributed by atoms with Gasteiger partial charge in [-0.3, -0.25) is 0 Å². The van der Waals surface area contributed by atoms with E-state index in [-0.39, 0.29) is 0 Å². The van der Waals surface area contributed by atoms with Crippen LogP contribution in [-0.2, 0) is 0 Å². The highest BCUT2D eigenvalue weighted by Crippen LogP contribution is 2.76. The molecule has 0 aromatic heterocycles. The van der Waals surface area contributed by atoms with Gasteiger partial charge in [-0.05, 0) is 30.0 Å². The normalized spacial score (nSPS) is 47.9. The minimum absolute atomic E-state index is 0.657. The molecule has 0 aromatic carbocycles. The Morgan fingerprint density at radius 2 is 2.25 bits per heavy atom. The second-order valence-electron chi connectivity index (χ2n) is 3.04. The summed E-state index contributed by atoms with van der Waals surface area (Å²) in [6.07, 6.45) is 3.99. The van der Waals surface area contributed by atoms with Crippen LogP contribution in [0.25, 0.3) is 0 Å². The summed E-state index contributed by atoms with van der Waals surface area (Å²) in [5.41, 5.74) is 0.657. The monoisotopic (exact) mass is 126 g/mol. The molecule has 0 saturated heterocycles. The highest BCUT2D eigenvalue weighted by atomic mass is 32.1. The van der Waals surface area contributed by atoms with Crippen molar-refractivity contribution in [1.29, 1.82) is 0 Å². The maximum atomic E-state index is 5.20. The van der Waals surface area contributed by atoms with E-state index in [0.717, 1.165) is 12.3 Å². The second-order valence-corrected chi connectivity index (χ2v) is 3.53. The zero-order valence-electron chi connectivity index (χ0n) is 5.11. The van der Waals surface area contributed by atoms with Crippen LogP contribution in [0.1, 0.15) is 26.2 Å². The summed E-state index contributed by atoms with van der Waals surface area (Å²) in [4.78, 5) is 1.35. The van der Waals surface area contributed by atoms with E-state index in [1.165, 1.54) is 17.7 Å². The van der Waals surface area contributed by atoms with Gasteiger partial charge in [-0.2, -0.15) is 0 Å². The van der Waals surface area contributed by atoms with Crippen LogP contribution in [0.3, 0.4) is 0 Å². The van der Waals surface area contributed by atoms with Gasteiger partial charge in [0.1, 0.15) is 0 Å². The topological polar surface area (TPSA) is 0 Å². The summed E-state index contributed by atoms with van der Waals surface area (Å²) >= 11 is 5.20. The Labute approximate surface area is 55.3 Å². The third-order valence-electron chi connectivity index (χ3n) is 2.56. The van der Waals surface area contributed by atoms with Crippen LogP contribution in [0.4, 0.5) is 0 Å². The van der Waals surface area contributed by atoms with Crippen molar-refractivity contribution in [2.45, 2.75) is 26.2 Å². The van der Waals surface area contributed by atoms with Crippen molar-refractivity contribution in [2.24, 2.45) is 11.3 Å². The zero-order valence-corrected chi connectivity index (χ0v) is 5.92. The number of hydrogen-bond donors (Lipinski definition) is 0. The van der Waals surface area contributed by atoms with E-state index in [9.17, 15) is 0 Å². The molecule has 2 fully saturated rings. The van der Waals surface area contributed by atoms with Crippen molar-refractivity contribution >= 4 is 17.1 Å². The van der Waals surface area contributed by atoms with Crippen LogP contribution >= 0.6 is 12.2 Å². The quantitative estimate of drug-likeness (QED) is 0.511. The molecule has 2 saturated carbocycles. The molecule has 0 aliphatic heterocycles. The lowest BCUT2D eigenvalue weighted by Crippen LogP contribution is -2.00. The highest BCUT2D eigenvalue weighted by Gasteiger charge is 2.71. The molecule has 2 aliphatic carbocycles. The van der Waals surface area contributed by atoms with E-state index < -0.39 is 0 Å². The maximum Gasteiger partial charge on any atom is 0.00513 e. The van der Waals surface area contributed by atoms with Gasteiger partial charge >= 0.3 is 0 Å². The van der Waals surface area contributed by atoms with Gasteiger partial charge in [0, 0.05) is 5.41 Å². The van der Waals surface area contributed by atoms with Crippen LogP contribution in [0, 0.1) is 11.3 Å². The molecule has 0 amide bonds. The van der Waals surface area contributed by atoms with E-state index >= 15 is 0 Å². The molecule has 2 rings (SSSR count). The lowest BCUT2D eigenvalue weighted by atomic mass is 10.1. The summed E-state index contributed by atoms with van der Waals surface area (Å²) in [7, 11) is 0. The zero-order chi connectivity index (χ0) is 5.78. The molecule has 0 nitrogen and oxygen atoms in total. The molecule has 0 N–H and O–H groups in total. The average molecular weight is 126 g/mol. The number of hydrogen-bond acceptors (Lipinski definition) is 1. The smallest absolute Gasteiger partial charge is 0.00513 e. The van der Waals surface area contributed by atoms with Gasteiger partial charge < -0.3 is 0 Å². The van der Waals surface area contributed by atoms with Gasteiger partial charge in [0.05, 0.1) is 0 Å². The second kappa shape index (κ2) is 1.15. The van der Waals surface area contributed by atoms with Gasteiger partial charge in [-0.15, -0.1) is 0 Å². The van der Waals surface area contributed by atoms with Crippen LogP contribution in [0.5, 0.6) is 0 Å². The molecule has 0 heterocycles. The van der Waals surface area contributed by atoms with Crippen molar-refractivity contribution in [3.63, 3.8) is 0 Å². The molecule has 44 valence electrons. The summed E-state index contributed by atoms with van der Waals surface area (Å²) < 4.78 is 0. The molecule has 0 spiro atoms. The first-order chi connectivity index (χ1) is 3.79. The fourth-order valence-electron chi connectivity index (χ4n) is 1.51. The predicted octanol–water partition coefficient (Wildman–Crippen LogP) is 2.18. The van der Waals surface area contributed by atoms with Crippen LogP contribution in [-0.4, -0.2) is 4.86 Å². The first-order valence-corrected chi connectivity index (χ1v) is 3.74. The number of thiocarbonyl (C=S) groups is 1. The van der Waals surface area contributed by atoms with Gasteiger partial charge in [-0.25, -0.2) is 0 Å². The molecule has 0 bridgehead atoms. The van der Waals surface area contributed by atoms with Crippen molar-refractivity contribution in [1.82, 2.24) is 0 Å². The van der Waals surface area contributed by atoms with Crippen LogP contribution in [0.15, 0.2) is 0 Å². The lowest BCUT2D eigenvalue weighted by Gasteiger charge is -1.99. The minimum atomic E-state index is 0.657. The van der Waals surface area contributed by atoms with E-state index in [4.69, 9.17) is 12.2 Å². The highest BCUT2D eigenvalue weighted by molar-refractivity contribution is 7.80. The molecule has 2 aliphatic rings. The average Bonchev–Trinajstić information content (AvgIpc) is 2.45. The van der Waals surface area contributed by atoms with Crippen molar-refractivity contribution < 1.29 is 0 Å². The van der Waals surface area contributed by atoms with Gasteiger partial charge in [0.25, 0.3) is 0 Å². The number of fused-ring (bicyclic) bond motifs is 1. The molecular formula is C7H10S. The Balaban J connectivity index is 2.07. The third-order valence-corrected chi connectivity index (χ3v) is 3.25. The lowest BCUT2D eigenvalue weighted by molar-refractivity contribution is 0.830. The standard InChI is InChI=1S/C7H10S/c1-2-6(8)7-3-5(7)4-7/h5H,2-4H2,1H3. The Morgan fingerprint density at radius 1 is 1.75 bits per heavy atom. The Bertz CT molecular complexity index is 142. The maximum absolute atomic E-state index is 5.20. The molecular weight excluding hydrogens is 116 g/mol.